The molecule has 216 valence electrons. The number of benzene rings is 2. The van der Waals surface area contributed by atoms with Crippen LogP contribution in [0.25, 0.3) is 0 Å². The van der Waals surface area contributed by atoms with Crippen molar-refractivity contribution in [3.63, 3.8) is 0 Å². The van der Waals surface area contributed by atoms with Gasteiger partial charge < -0.3 is 29.8 Å². The first kappa shape index (κ1) is 27.2. The number of aryl methyl sites for hydroxylation is 1. The summed E-state index contributed by atoms with van der Waals surface area (Å²) in [6.45, 7) is 8.39. The van der Waals surface area contributed by atoms with Gasteiger partial charge in [0.25, 0.3) is 5.91 Å². The molecule has 9 heteroatoms. The molecule has 2 saturated heterocycles. The Hall–Kier alpha value is -4.01. The van der Waals surface area contributed by atoms with Crippen LogP contribution in [0.3, 0.4) is 0 Å². The number of hydrogen-bond acceptors (Lipinski definition) is 7. The zero-order valence-electron chi connectivity index (χ0n) is 23.9. The molecule has 9 nitrogen and oxygen atoms in total. The molecule has 2 aromatic carbocycles. The topological polar surface area (TPSA) is 94.0 Å². The van der Waals surface area contributed by atoms with Gasteiger partial charge in [-0.1, -0.05) is 18.2 Å². The van der Waals surface area contributed by atoms with Crippen molar-refractivity contribution in [2.45, 2.75) is 51.5 Å². The van der Waals surface area contributed by atoms with Gasteiger partial charge in [-0.15, -0.1) is 0 Å². The van der Waals surface area contributed by atoms with E-state index < -0.39 is 0 Å². The summed E-state index contributed by atoms with van der Waals surface area (Å²) in [7, 11) is 0. The van der Waals surface area contributed by atoms with E-state index in [-0.39, 0.29) is 11.8 Å². The molecule has 0 radical (unpaired) electrons. The van der Waals surface area contributed by atoms with Gasteiger partial charge in [-0.2, -0.15) is 0 Å². The minimum atomic E-state index is -0.103. The Morgan fingerprint density at radius 2 is 1.80 bits per heavy atom. The molecule has 1 aliphatic carbocycles. The van der Waals surface area contributed by atoms with Gasteiger partial charge >= 0.3 is 0 Å². The first-order valence-corrected chi connectivity index (χ1v) is 15.0. The van der Waals surface area contributed by atoms with Crippen LogP contribution < -0.4 is 20.4 Å². The summed E-state index contributed by atoms with van der Waals surface area (Å²) in [5, 5.41) is 6.59. The van der Waals surface area contributed by atoms with E-state index in [1.807, 2.05) is 17.0 Å². The quantitative estimate of drug-likeness (QED) is 0.335. The van der Waals surface area contributed by atoms with Crippen LogP contribution >= 0.6 is 0 Å². The summed E-state index contributed by atoms with van der Waals surface area (Å²) in [6.07, 6.45) is 6.37. The predicted molar refractivity (Wildman–Crippen MR) is 161 cm³/mol. The average molecular weight is 557 g/mol. The largest absolute Gasteiger partial charge is 0.448 e. The number of anilines is 3. The molecule has 0 spiro atoms. The van der Waals surface area contributed by atoms with Gasteiger partial charge in [-0.05, 0) is 62.4 Å². The van der Waals surface area contributed by atoms with E-state index in [0.29, 0.717) is 37.5 Å². The highest BCUT2D eigenvalue weighted by molar-refractivity contribution is 5.96. The van der Waals surface area contributed by atoms with Crippen molar-refractivity contribution in [3.8, 4) is 0 Å². The van der Waals surface area contributed by atoms with Crippen molar-refractivity contribution >= 4 is 28.9 Å². The van der Waals surface area contributed by atoms with E-state index in [9.17, 15) is 9.59 Å². The minimum absolute atomic E-state index is 0.103. The molecule has 1 aromatic heterocycles. The summed E-state index contributed by atoms with van der Waals surface area (Å²) in [6, 6.07) is 14.5. The van der Waals surface area contributed by atoms with Gasteiger partial charge in [-0.25, -0.2) is 4.98 Å². The van der Waals surface area contributed by atoms with Gasteiger partial charge in [0, 0.05) is 69.4 Å². The number of rotatable bonds is 11. The highest BCUT2D eigenvalue weighted by Crippen LogP contribution is 2.39. The second kappa shape index (κ2) is 12.2. The highest BCUT2D eigenvalue weighted by atomic mass is 16.3. The number of nitrogens with one attached hydrogen (secondary N) is 2. The Kier molecular flexibility index (Phi) is 8.11. The van der Waals surface area contributed by atoms with Crippen LogP contribution in [-0.4, -0.2) is 67.5 Å². The third-order valence-corrected chi connectivity index (χ3v) is 8.35. The lowest BCUT2D eigenvalue weighted by Gasteiger charge is -2.38. The fourth-order valence-corrected chi connectivity index (χ4v) is 5.82. The summed E-state index contributed by atoms with van der Waals surface area (Å²) in [5.41, 5.74) is 6.08. The molecule has 2 amide bonds. The van der Waals surface area contributed by atoms with Gasteiger partial charge in [0.2, 0.25) is 5.91 Å². The van der Waals surface area contributed by atoms with Crippen molar-refractivity contribution < 1.29 is 14.0 Å². The van der Waals surface area contributed by atoms with Crippen LogP contribution in [0.4, 0.5) is 17.1 Å². The third-order valence-electron chi connectivity index (χ3n) is 8.35. The molecule has 2 aliphatic heterocycles. The monoisotopic (exact) mass is 556 g/mol. The van der Waals surface area contributed by atoms with Crippen molar-refractivity contribution in [1.82, 2.24) is 15.2 Å². The molecule has 41 heavy (non-hydrogen) atoms. The maximum absolute atomic E-state index is 13.1. The lowest BCUT2D eigenvalue weighted by molar-refractivity contribution is -0.127. The Morgan fingerprint density at radius 1 is 1.02 bits per heavy atom. The molecule has 0 bridgehead atoms. The van der Waals surface area contributed by atoms with Crippen molar-refractivity contribution in [2.24, 2.45) is 0 Å². The smallest absolute Gasteiger partial charge is 0.251 e. The van der Waals surface area contributed by atoms with Gasteiger partial charge in [0.05, 0.1) is 23.6 Å². The molecule has 3 aromatic rings. The number of likely N-dealkylation sites (tertiary alicyclic amines) is 1. The number of carbonyl (C=O) groups excluding carboxylic acids is 2. The second-order valence-corrected chi connectivity index (χ2v) is 11.4. The number of piperazine rings is 1. The summed E-state index contributed by atoms with van der Waals surface area (Å²) < 4.78 is 5.69. The Labute approximate surface area is 241 Å². The van der Waals surface area contributed by atoms with Crippen LogP contribution in [-0.2, 0) is 11.3 Å². The third kappa shape index (κ3) is 6.50. The van der Waals surface area contributed by atoms with E-state index in [0.717, 1.165) is 81.4 Å². The van der Waals surface area contributed by atoms with Crippen molar-refractivity contribution in [2.75, 3.05) is 60.9 Å². The molecule has 3 heterocycles. The number of hydrogen-bond donors (Lipinski definition) is 2. The molecule has 0 unspecified atom stereocenters. The number of amides is 2. The van der Waals surface area contributed by atoms with Crippen molar-refractivity contribution in [3.05, 3.63) is 71.4 Å². The second-order valence-electron chi connectivity index (χ2n) is 11.4. The van der Waals surface area contributed by atoms with Crippen LogP contribution in [0.1, 0.15) is 65.5 Å². The van der Waals surface area contributed by atoms with Gasteiger partial charge in [-0.3, -0.25) is 9.59 Å². The van der Waals surface area contributed by atoms with E-state index in [1.54, 1.807) is 6.26 Å². The molecule has 6 rings (SSSR count). The standard InChI is InChI=1S/C32H40N6O3/c1-23-6-2-3-7-28(23)36-16-18-37(19-17-36)29-12-11-25(31(40)33-13-5-15-38-14-4-8-30(38)39)20-27(29)34-21-26-22-41-32(35-26)24-9-10-24/h2-3,6-7,11-12,20,22,24,34H,4-5,8-10,13-19,21H2,1H3,(H,33,40). The average Bonchev–Trinajstić information content (AvgIpc) is 3.60. The lowest BCUT2D eigenvalue weighted by atomic mass is 10.1. The van der Waals surface area contributed by atoms with E-state index in [1.165, 1.54) is 11.3 Å². The number of nitrogens with zero attached hydrogens (tertiary/aromatic N) is 4. The maximum atomic E-state index is 13.1. The molecular weight excluding hydrogens is 516 g/mol. The van der Waals surface area contributed by atoms with Crippen molar-refractivity contribution in [1.29, 1.82) is 0 Å². The Bertz CT molecular complexity index is 1380. The van der Waals surface area contributed by atoms with Crippen LogP contribution in [0, 0.1) is 6.92 Å². The van der Waals surface area contributed by atoms with Crippen LogP contribution in [0.2, 0.25) is 0 Å². The first-order valence-electron chi connectivity index (χ1n) is 15.0. The number of para-hydroxylation sites is 1. The fraction of sp³-hybridized carbons (Fsp3) is 0.469. The van der Waals surface area contributed by atoms with Crippen LogP contribution in [0.15, 0.2) is 53.1 Å². The Balaban J connectivity index is 1.12. The fourth-order valence-electron chi connectivity index (χ4n) is 5.82. The molecular formula is C32H40N6O3. The minimum Gasteiger partial charge on any atom is -0.448 e. The molecule has 1 saturated carbocycles. The number of carbonyl (C=O) groups is 2. The van der Waals surface area contributed by atoms with E-state index in [4.69, 9.17) is 4.42 Å². The molecule has 2 N–H and O–H groups in total. The molecule has 0 atom stereocenters. The SMILES string of the molecule is Cc1ccccc1N1CCN(c2ccc(C(=O)NCCCN3CCCC3=O)cc2NCc2coc(C3CC3)n2)CC1. The van der Waals surface area contributed by atoms with Crippen LogP contribution in [0.5, 0.6) is 0 Å². The maximum Gasteiger partial charge on any atom is 0.251 e. The first-order chi connectivity index (χ1) is 20.0. The molecule has 3 fully saturated rings. The summed E-state index contributed by atoms with van der Waals surface area (Å²) in [4.78, 5) is 36.3. The zero-order chi connectivity index (χ0) is 28.2. The van der Waals surface area contributed by atoms with Gasteiger partial charge in [0.15, 0.2) is 5.89 Å². The number of oxazole rings is 1. The summed E-state index contributed by atoms with van der Waals surface area (Å²) >= 11 is 0. The summed E-state index contributed by atoms with van der Waals surface area (Å²) in [5.74, 6) is 1.42. The number of aromatic nitrogens is 1. The predicted octanol–water partition coefficient (Wildman–Crippen LogP) is 4.54. The van der Waals surface area contributed by atoms with E-state index in [2.05, 4.69) is 62.7 Å². The Morgan fingerprint density at radius 3 is 2.54 bits per heavy atom. The zero-order valence-corrected chi connectivity index (χ0v) is 23.9. The van der Waals surface area contributed by atoms with Gasteiger partial charge in [0.1, 0.15) is 6.26 Å². The normalized spacial score (nSPS) is 17.3. The molecule has 3 aliphatic rings. The van der Waals surface area contributed by atoms with E-state index >= 15 is 0 Å². The highest BCUT2D eigenvalue weighted by Gasteiger charge is 2.28. The lowest BCUT2D eigenvalue weighted by Crippen LogP contribution is -2.47.